The highest BCUT2D eigenvalue weighted by atomic mass is 16.3. The maximum absolute atomic E-state index is 12.3. The fourth-order valence-corrected chi connectivity index (χ4v) is 3.65. The lowest BCUT2D eigenvalue weighted by Gasteiger charge is -2.30. The van der Waals surface area contributed by atoms with Gasteiger partial charge in [-0.3, -0.25) is 14.5 Å². The molecule has 1 aromatic carbocycles. The number of nitrogens with one attached hydrogen (secondary N) is 1. The van der Waals surface area contributed by atoms with Crippen LogP contribution in [-0.2, 0) is 11.3 Å². The molecule has 3 rings (SSSR count). The van der Waals surface area contributed by atoms with Crippen LogP contribution in [0, 0.1) is 5.92 Å². The minimum absolute atomic E-state index is 0.0182. The van der Waals surface area contributed by atoms with Crippen LogP contribution in [0.4, 0.5) is 0 Å². The van der Waals surface area contributed by atoms with Gasteiger partial charge < -0.3 is 15.3 Å². The van der Waals surface area contributed by atoms with Crippen molar-refractivity contribution in [3.05, 3.63) is 35.4 Å². The third kappa shape index (κ3) is 5.05. The smallest absolute Gasteiger partial charge is 0.253 e. The molecular weight excluding hydrogens is 330 g/mol. The molecule has 0 aliphatic carbocycles. The summed E-state index contributed by atoms with van der Waals surface area (Å²) in [5.74, 6) is 0.505. The summed E-state index contributed by atoms with van der Waals surface area (Å²) >= 11 is 0. The van der Waals surface area contributed by atoms with E-state index in [0.717, 1.165) is 57.4 Å². The Balaban J connectivity index is 1.41. The average molecular weight is 359 g/mol. The summed E-state index contributed by atoms with van der Waals surface area (Å²) in [5, 5.41) is 12.1. The van der Waals surface area contributed by atoms with Crippen LogP contribution in [0.5, 0.6) is 0 Å². The zero-order valence-corrected chi connectivity index (χ0v) is 15.3. The van der Waals surface area contributed by atoms with Crippen molar-refractivity contribution in [3.8, 4) is 0 Å². The number of amides is 2. The van der Waals surface area contributed by atoms with Crippen LogP contribution in [-0.4, -0.2) is 66.1 Å². The van der Waals surface area contributed by atoms with E-state index in [4.69, 9.17) is 5.11 Å². The van der Waals surface area contributed by atoms with Gasteiger partial charge in [0.2, 0.25) is 5.91 Å². The fraction of sp³-hybridized carbons (Fsp3) is 0.600. The first kappa shape index (κ1) is 18.9. The van der Waals surface area contributed by atoms with E-state index in [1.165, 1.54) is 0 Å². The number of carbonyl (C=O) groups excluding carboxylic acids is 2. The van der Waals surface area contributed by atoms with Crippen LogP contribution in [0.15, 0.2) is 24.3 Å². The monoisotopic (exact) mass is 359 g/mol. The number of rotatable bonds is 6. The Labute approximate surface area is 155 Å². The summed E-state index contributed by atoms with van der Waals surface area (Å²) in [6.07, 6.45) is 4.09. The van der Waals surface area contributed by atoms with Crippen LogP contribution in [0.1, 0.15) is 41.6 Å². The summed E-state index contributed by atoms with van der Waals surface area (Å²) < 4.78 is 0. The topological polar surface area (TPSA) is 72.9 Å². The zero-order chi connectivity index (χ0) is 18.4. The molecule has 0 aromatic heterocycles. The zero-order valence-electron chi connectivity index (χ0n) is 15.3. The lowest BCUT2D eigenvalue weighted by Crippen LogP contribution is -2.41. The van der Waals surface area contributed by atoms with Crippen LogP contribution in [0.25, 0.3) is 0 Å². The molecule has 142 valence electrons. The van der Waals surface area contributed by atoms with Crippen LogP contribution in [0.3, 0.4) is 0 Å². The van der Waals surface area contributed by atoms with Crippen molar-refractivity contribution in [1.82, 2.24) is 15.1 Å². The van der Waals surface area contributed by atoms with Gasteiger partial charge in [-0.1, -0.05) is 12.1 Å². The summed E-state index contributed by atoms with van der Waals surface area (Å²) in [7, 11) is 0. The highest BCUT2D eigenvalue weighted by Crippen LogP contribution is 2.16. The maximum Gasteiger partial charge on any atom is 0.253 e. The highest BCUT2D eigenvalue weighted by molar-refractivity contribution is 5.94. The molecule has 2 saturated heterocycles. The fourth-order valence-electron chi connectivity index (χ4n) is 3.65. The molecule has 2 aliphatic rings. The molecule has 0 unspecified atom stereocenters. The average Bonchev–Trinajstić information content (AvgIpc) is 3.21. The summed E-state index contributed by atoms with van der Waals surface area (Å²) in [5.41, 5.74) is 1.71. The lowest BCUT2D eigenvalue weighted by atomic mass is 9.98. The number of hydrogen-bond donors (Lipinski definition) is 2. The van der Waals surface area contributed by atoms with E-state index in [2.05, 4.69) is 10.2 Å². The Kier molecular flexibility index (Phi) is 6.63. The van der Waals surface area contributed by atoms with Crippen molar-refractivity contribution in [1.29, 1.82) is 0 Å². The van der Waals surface area contributed by atoms with Gasteiger partial charge in [-0.05, 0) is 62.4 Å². The number of likely N-dealkylation sites (tertiary alicyclic amines) is 2. The van der Waals surface area contributed by atoms with Crippen molar-refractivity contribution >= 4 is 11.8 Å². The molecule has 2 amide bonds. The van der Waals surface area contributed by atoms with Crippen molar-refractivity contribution in [2.75, 3.05) is 39.3 Å². The van der Waals surface area contributed by atoms with Crippen molar-refractivity contribution in [2.45, 2.75) is 32.2 Å². The second-order valence-electron chi connectivity index (χ2n) is 7.38. The predicted molar refractivity (Wildman–Crippen MR) is 99.7 cm³/mol. The van der Waals surface area contributed by atoms with Crippen molar-refractivity contribution in [3.63, 3.8) is 0 Å². The SMILES string of the molecule is O=C(CN1CCC(CO)CC1)NCc1ccc(C(=O)N2CCCC2)cc1. The molecule has 0 atom stereocenters. The molecule has 0 bridgehead atoms. The number of benzene rings is 1. The molecule has 0 saturated carbocycles. The first-order chi connectivity index (χ1) is 12.7. The second kappa shape index (κ2) is 9.14. The molecule has 6 nitrogen and oxygen atoms in total. The lowest BCUT2D eigenvalue weighted by molar-refractivity contribution is -0.122. The van der Waals surface area contributed by atoms with E-state index in [1.54, 1.807) is 0 Å². The quantitative estimate of drug-likeness (QED) is 0.802. The molecule has 0 spiro atoms. The van der Waals surface area contributed by atoms with Gasteiger partial charge in [0.25, 0.3) is 5.91 Å². The Morgan fingerprint density at radius 1 is 1.04 bits per heavy atom. The minimum atomic E-state index is 0.0182. The third-order valence-electron chi connectivity index (χ3n) is 5.42. The summed E-state index contributed by atoms with van der Waals surface area (Å²) in [6, 6.07) is 7.52. The number of nitrogens with zero attached hydrogens (tertiary/aromatic N) is 2. The molecule has 2 aliphatic heterocycles. The molecule has 2 fully saturated rings. The van der Waals surface area contributed by atoms with Gasteiger partial charge in [-0.2, -0.15) is 0 Å². The van der Waals surface area contributed by atoms with Crippen molar-refractivity contribution < 1.29 is 14.7 Å². The van der Waals surface area contributed by atoms with Crippen LogP contribution >= 0.6 is 0 Å². The predicted octanol–water partition coefficient (Wildman–Crippen LogP) is 1.24. The normalized spacial score (nSPS) is 18.9. The number of hydrogen-bond acceptors (Lipinski definition) is 4. The number of piperidine rings is 1. The molecule has 2 heterocycles. The molecular formula is C20H29N3O3. The Morgan fingerprint density at radius 2 is 1.69 bits per heavy atom. The van der Waals surface area contributed by atoms with Crippen LogP contribution in [0.2, 0.25) is 0 Å². The number of aliphatic hydroxyl groups is 1. The molecule has 26 heavy (non-hydrogen) atoms. The van der Waals surface area contributed by atoms with Gasteiger partial charge in [0.15, 0.2) is 0 Å². The Hall–Kier alpha value is -1.92. The third-order valence-corrected chi connectivity index (χ3v) is 5.42. The van der Waals surface area contributed by atoms with Crippen LogP contribution < -0.4 is 5.32 Å². The molecule has 0 radical (unpaired) electrons. The molecule has 6 heteroatoms. The van der Waals surface area contributed by atoms with E-state index in [-0.39, 0.29) is 18.4 Å². The van der Waals surface area contributed by atoms with Gasteiger partial charge in [0.1, 0.15) is 0 Å². The first-order valence-corrected chi connectivity index (χ1v) is 9.64. The Morgan fingerprint density at radius 3 is 2.31 bits per heavy atom. The van der Waals surface area contributed by atoms with Crippen molar-refractivity contribution in [2.24, 2.45) is 5.92 Å². The maximum atomic E-state index is 12.3. The largest absolute Gasteiger partial charge is 0.396 e. The van der Waals surface area contributed by atoms with E-state index in [1.807, 2.05) is 29.2 Å². The van der Waals surface area contributed by atoms with E-state index < -0.39 is 0 Å². The van der Waals surface area contributed by atoms with Gasteiger partial charge in [0, 0.05) is 31.8 Å². The van der Waals surface area contributed by atoms with Gasteiger partial charge in [-0.15, -0.1) is 0 Å². The standard InChI is InChI=1S/C20H29N3O3/c24-15-17-7-11-22(12-8-17)14-19(25)21-13-16-3-5-18(6-4-16)20(26)23-9-1-2-10-23/h3-6,17,24H,1-2,7-15H2,(H,21,25). The second-order valence-corrected chi connectivity index (χ2v) is 7.38. The summed E-state index contributed by atoms with van der Waals surface area (Å²) in [6.45, 7) is 4.57. The number of carbonyl (C=O) groups is 2. The highest BCUT2D eigenvalue weighted by Gasteiger charge is 2.20. The summed E-state index contributed by atoms with van der Waals surface area (Å²) in [4.78, 5) is 28.5. The number of aliphatic hydroxyl groups excluding tert-OH is 1. The van der Waals surface area contributed by atoms with E-state index in [0.29, 0.717) is 24.6 Å². The van der Waals surface area contributed by atoms with Gasteiger partial charge in [-0.25, -0.2) is 0 Å². The first-order valence-electron chi connectivity index (χ1n) is 9.64. The van der Waals surface area contributed by atoms with E-state index >= 15 is 0 Å². The van der Waals surface area contributed by atoms with Gasteiger partial charge in [0.05, 0.1) is 6.54 Å². The Bertz CT molecular complexity index is 603. The minimum Gasteiger partial charge on any atom is -0.396 e. The van der Waals surface area contributed by atoms with E-state index in [9.17, 15) is 9.59 Å². The molecule has 1 aromatic rings. The molecule has 2 N–H and O–H groups in total. The van der Waals surface area contributed by atoms with Gasteiger partial charge >= 0.3 is 0 Å².